The Labute approximate surface area is 742 Å². The Morgan fingerprint density at radius 3 is 0.441 bits per heavy atom. The molecule has 0 aliphatic rings. The van der Waals surface area contributed by atoms with Crippen LogP contribution in [0.3, 0.4) is 0 Å². The summed E-state index contributed by atoms with van der Waals surface area (Å²) in [5, 5.41) is 0. The van der Waals surface area contributed by atoms with Gasteiger partial charge >= 0.3 is 0 Å². The predicted octanol–water partition coefficient (Wildman–Crippen LogP) is 25.3. The van der Waals surface area contributed by atoms with E-state index in [0.717, 1.165) is 101 Å². The van der Waals surface area contributed by atoms with E-state index in [1.165, 1.54) is 0 Å². The van der Waals surface area contributed by atoms with Crippen LogP contribution in [0, 0.1) is 6.92 Å². The van der Waals surface area contributed by atoms with Gasteiger partial charge in [0, 0.05) is 54.4 Å². The fourth-order valence-corrected chi connectivity index (χ4v) is 14.2. The van der Waals surface area contributed by atoms with Crippen molar-refractivity contribution in [3.63, 3.8) is 0 Å². The Morgan fingerprint density at radius 1 is 0.142 bits per heavy atom. The van der Waals surface area contributed by atoms with Gasteiger partial charge in [0.25, 0.3) is 0 Å². The summed E-state index contributed by atoms with van der Waals surface area (Å²) in [6.07, 6.45) is 3.27. The molecular weight excluding hydrogens is 1580 g/mol. The molecule has 0 bridgehead atoms. The number of nitrogens with zero attached hydrogens (tertiary/aromatic N) is 1. The Morgan fingerprint density at radius 2 is 0.283 bits per heavy atom. The molecule has 0 unspecified atom stereocenters. The molecule has 0 fully saturated rings. The molecule has 16 aromatic rings. The van der Waals surface area contributed by atoms with Gasteiger partial charge in [-0.1, -0.05) is 243 Å². The summed E-state index contributed by atoms with van der Waals surface area (Å²) >= 11 is 0. The molecule has 0 atom stereocenters. The molecule has 1 heterocycles. The van der Waals surface area contributed by atoms with Crippen LogP contribution in [0.1, 0.15) is 94.7 Å². The number of aryl methyl sites for hydroxylation is 3. The minimum atomic E-state index is 0.117. The van der Waals surface area contributed by atoms with E-state index < -0.39 is 0 Å². The fraction of sp³-hybridized carbons (Fsp3) is 0.152. The van der Waals surface area contributed by atoms with Gasteiger partial charge in [-0.25, -0.2) is 0 Å². The van der Waals surface area contributed by atoms with Crippen LogP contribution in [0.25, 0.3) is 0 Å². The van der Waals surface area contributed by atoms with Crippen molar-refractivity contribution >= 4 is 0 Å². The van der Waals surface area contributed by atoms with Gasteiger partial charge in [0.2, 0.25) is 0 Å². The molecule has 15 nitrogen and oxygen atoms in total. The van der Waals surface area contributed by atoms with Crippen molar-refractivity contribution in [3.8, 4) is 80.5 Å². The van der Waals surface area contributed by atoms with Gasteiger partial charge in [-0.05, 0) is 206 Å². The van der Waals surface area contributed by atoms with E-state index in [0.29, 0.717) is 140 Å². The Hall–Kier alpha value is -15.4. The van der Waals surface area contributed by atoms with E-state index >= 15 is 0 Å². The van der Waals surface area contributed by atoms with Crippen LogP contribution in [-0.4, -0.2) is 4.98 Å². The van der Waals surface area contributed by atoms with Crippen molar-refractivity contribution in [3.05, 3.63) is 483 Å². The highest BCUT2D eigenvalue weighted by Crippen LogP contribution is 2.36. The van der Waals surface area contributed by atoms with Crippen LogP contribution in [0.5, 0.6) is 80.5 Å². The van der Waals surface area contributed by atoms with Crippen molar-refractivity contribution in [2.75, 3.05) is 0 Å². The number of hydrogen-bond donors (Lipinski definition) is 0. The van der Waals surface area contributed by atoms with Gasteiger partial charge in [-0.2, -0.15) is 0 Å². The molecule has 0 spiro atoms. The number of aromatic nitrogens is 1. The molecule has 0 radical (unpaired) electrons. The summed E-state index contributed by atoms with van der Waals surface area (Å²) in [6.45, 7) is 5.83. The fourth-order valence-electron chi connectivity index (χ4n) is 14.2. The van der Waals surface area contributed by atoms with E-state index in [9.17, 15) is 0 Å². The van der Waals surface area contributed by atoms with Crippen molar-refractivity contribution in [1.82, 2.24) is 4.98 Å². The van der Waals surface area contributed by atoms with Crippen molar-refractivity contribution in [2.24, 2.45) is 0 Å². The third kappa shape index (κ3) is 27.6. The minimum absolute atomic E-state index is 0.117. The summed E-state index contributed by atoms with van der Waals surface area (Å²) in [6, 6.07) is 126. The van der Waals surface area contributed by atoms with Gasteiger partial charge in [0.05, 0.1) is 0 Å². The van der Waals surface area contributed by atoms with Gasteiger partial charge in [0.1, 0.15) is 173 Å². The number of benzene rings is 15. The molecule has 0 saturated carbocycles. The normalized spacial score (nSPS) is 10.9. The zero-order valence-corrected chi connectivity index (χ0v) is 70.9. The Balaban J connectivity index is 0.697. The maximum absolute atomic E-state index is 6.98. The van der Waals surface area contributed by atoms with Crippen LogP contribution in [0.4, 0.5) is 0 Å². The first-order valence-electron chi connectivity index (χ1n) is 42.6. The molecule has 15 aromatic carbocycles. The largest absolute Gasteiger partial charge is 0.489 e. The predicted molar refractivity (Wildman–Crippen MR) is 494 cm³/mol. The van der Waals surface area contributed by atoms with E-state index in [4.69, 9.17) is 66.3 Å². The molecular formula is C112H99NO14. The number of hydrogen-bond acceptors (Lipinski definition) is 15. The van der Waals surface area contributed by atoms with Crippen molar-refractivity contribution < 1.29 is 66.3 Å². The molecule has 636 valence electrons. The van der Waals surface area contributed by atoms with E-state index in [1.54, 1.807) is 0 Å². The molecule has 1 aromatic heterocycles. The van der Waals surface area contributed by atoms with Gasteiger partial charge < -0.3 is 66.3 Å². The lowest BCUT2D eigenvalue weighted by Gasteiger charge is -2.17. The summed E-state index contributed by atoms with van der Waals surface area (Å²) < 4.78 is 93.0. The van der Waals surface area contributed by atoms with E-state index in [1.807, 2.05) is 371 Å². The third-order valence-corrected chi connectivity index (χ3v) is 20.7. The topological polar surface area (TPSA) is 142 Å². The summed E-state index contributed by atoms with van der Waals surface area (Å²) in [4.78, 5) is 4.50. The summed E-state index contributed by atoms with van der Waals surface area (Å²) in [7, 11) is 0. The summed E-state index contributed by atoms with van der Waals surface area (Å²) in [5.41, 5.74) is 16.3. The maximum atomic E-state index is 6.98. The Bertz CT molecular complexity index is 5210. The molecule has 0 aliphatic heterocycles. The van der Waals surface area contributed by atoms with Gasteiger partial charge in [-0.15, -0.1) is 0 Å². The summed E-state index contributed by atoms with van der Waals surface area (Å²) in [5.74, 6) is 8.48. The first kappa shape index (κ1) is 85.2. The molecule has 15 heteroatoms. The number of rotatable bonds is 45. The van der Waals surface area contributed by atoms with Gasteiger partial charge in [-0.3, -0.25) is 4.98 Å². The average molecular weight is 1680 g/mol. The number of ether oxygens (including phenoxy) is 14. The quantitative estimate of drug-likeness (QED) is 0.0357. The van der Waals surface area contributed by atoms with Crippen LogP contribution < -0.4 is 66.3 Å². The Kier molecular flexibility index (Phi) is 29.9. The third-order valence-electron chi connectivity index (χ3n) is 20.7. The number of pyridine rings is 1. The molecule has 0 saturated heterocycles. The zero-order chi connectivity index (χ0) is 86.1. The molecule has 0 N–H and O–H groups in total. The first-order valence-corrected chi connectivity index (χ1v) is 42.6. The van der Waals surface area contributed by atoms with Crippen molar-refractivity contribution in [2.45, 2.75) is 112 Å². The second kappa shape index (κ2) is 44.6. The molecule has 16 rings (SSSR count). The minimum Gasteiger partial charge on any atom is -0.489 e. The zero-order valence-electron chi connectivity index (χ0n) is 70.9. The molecule has 0 aliphatic carbocycles. The lowest BCUT2D eigenvalue weighted by molar-refractivity contribution is 0.270. The van der Waals surface area contributed by atoms with Crippen LogP contribution in [-0.2, 0) is 105 Å². The SMILES string of the molecule is Cc1cc(CCc2cc(OCc3cc(OCc4cc(OCc5ccccc5)cc(OCc5ccccc5)c4)cc(OCc4cc(OCc5ccccc5)cc(OCc5ccccc5)c4)c3)cc(OCc3cc(OCc4cc(OCc5ccccc5)cc(OCc5ccccc5)c4)cc(OCc4cc(OCc5ccccc5)cc(OCc5ccccc5)c4)c3)c2)ccn1. The lowest BCUT2D eigenvalue weighted by Crippen LogP contribution is -2.04. The van der Waals surface area contributed by atoms with Gasteiger partial charge in [0.15, 0.2) is 0 Å². The highest BCUT2D eigenvalue weighted by molar-refractivity contribution is 5.48. The average Bonchev–Trinajstić information content (AvgIpc) is 0.733. The molecule has 0 amide bonds. The smallest absolute Gasteiger partial charge is 0.123 e. The first-order chi connectivity index (χ1) is 62.6. The standard InChI is InChI=1S/C112H99NO14/c1-82-46-83(44-45-113-82)42-43-92-47-99(122-76-97-57-109(124-78-93-49-101(114-68-84-26-10-2-11-27-84)62-102(50-93)115-69-85-28-12-3-13-29-85)66-110(58-97)125-79-94-51-103(116-70-86-30-14-4-15-31-86)63-104(52-94)117-71-87-32-16-5-17-33-87)61-100(48-92)123-77-98-59-111(126-80-95-53-105(118-72-88-34-18-6-19-35-88)64-106(54-95)119-73-89-36-20-7-21-37-89)67-112(60-98)127-81-96-55-107(120-74-90-38-22-8-23-39-90)65-108(56-96)121-75-91-40-24-9-25-41-91/h2-41,44-67H,42-43,68-81H2,1H3. The van der Waals surface area contributed by atoms with E-state index in [-0.39, 0.29) is 39.6 Å². The van der Waals surface area contributed by atoms with Crippen LogP contribution >= 0.6 is 0 Å². The monoisotopic (exact) mass is 1680 g/mol. The highest BCUT2D eigenvalue weighted by Gasteiger charge is 2.17. The lowest BCUT2D eigenvalue weighted by atomic mass is 10.0. The van der Waals surface area contributed by atoms with Crippen LogP contribution in [0.2, 0.25) is 0 Å². The maximum Gasteiger partial charge on any atom is 0.123 e. The molecule has 127 heavy (non-hydrogen) atoms. The second-order valence-corrected chi connectivity index (χ2v) is 30.9. The van der Waals surface area contributed by atoms with Crippen LogP contribution in [0.15, 0.2) is 388 Å². The highest BCUT2D eigenvalue weighted by atomic mass is 16.5. The van der Waals surface area contributed by atoms with E-state index in [2.05, 4.69) is 29.2 Å². The van der Waals surface area contributed by atoms with Crippen molar-refractivity contribution in [1.29, 1.82) is 0 Å². The second-order valence-electron chi connectivity index (χ2n) is 30.9.